The van der Waals surface area contributed by atoms with Gasteiger partial charge in [0.1, 0.15) is 17.6 Å². The molecule has 1 atom stereocenters. The van der Waals surface area contributed by atoms with Gasteiger partial charge in [-0.25, -0.2) is 0 Å². The second kappa shape index (κ2) is 3.86. The quantitative estimate of drug-likeness (QED) is 0.831. The summed E-state index contributed by atoms with van der Waals surface area (Å²) in [5.74, 6) is -1.24. The number of hydrogen-bond acceptors (Lipinski definition) is 2. The second-order valence-electron chi connectivity index (χ2n) is 6.00. The van der Waals surface area contributed by atoms with Crippen LogP contribution in [0, 0.1) is 5.92 Å². The van der Waals surface area contributed by atoms with Crippen LogP contribution in [-0.2, 0) is 9.59 Å². The predicted octanol–water partition coefficient (Wildman–Crippen LogP) is 1.45. The fourth-order valence-corrected chi connectivity index (χ4v) is 2.49. The number of rotatable bonds is 2. The van der Waals surface area contributed by atoms with E-state index in [2.05, 4.69) is 5.32 Å². The molecule has 1 saturated carbocycles. The summed E-state index contributed by atoms with van der Waals surface area (Å²) in [5.41, 5.74) is -2.68. The van der Waals surface area contributed by atoms with Crippen LogP contribution in [0.2, 0.25) is 0 Å². The molecule has 108 valence electrons. The Balaban J connectivity index is 2.35. The lowest BCUT2D eigenvalue weighted by Crippen LogP contribution is -2.74. The lowest BCUT2D eigenvalue weighted by atomic mass is 9.85. The summed E-state index contributed by atoms with van der Waals surface area (Å²) in [5, 5.41) is 2.61. The number of alkyl halides is 3. The molecule has 2 fully saturated rings. The highest BCUT2D eigenvalue weighted by molar-refractivity contribution is 6.02. The van der Waals surface area contributed by atoms with Crippen molar-refractivity contribution in [1.29, 1.82) is 0 Å². The normalized spacial score (nSPS) is 31.4. The summed E-state index contributed by atoms with van der Waals surface area (Å²) in [7, 11) is 0. The molecule has 1 N–H and O–H groups in total. The summed E-state index contributed by atoms with van der Waals surface area (Å²) in [6.45, 7) is 2.79. The van der Waals surface area contributed by atoms with Gasteiger partial charge in [0.15, 0.2) is 0 Å². The zero-order chi connectivity index (χ0) is 14.6. The van der Waals surface area contributed by atoms with Gasteiger partial charge in [-0.2, -0.15) is 13.2 Å². The van der Waals surface area contributed by atoms with Gasteiger partial charge in [-0.05, 0) is 39.5 Å². The summed E-state index contributed by atoms with van der Waals surface area (Å²) in [6.07, 6.45) is -3.01. The Morgan fingerprint density at radius 3 is 2.21 bits per heavy atom. The summed E-state index contributed by atoms with van der Waals surface area (Å²) in [6, 6.07) is 0. The van der Waals surface area contributed by atoms with E-state index >= 15 is 0 Å². The third-order valence-electron chi connectivity index (χ3n) is 4.02. The molecule has 0 aromatic heterocycles. The van der Waals surface area contributed by atoms with Crippen molar-refractivity contribution in [2.75, 3.05) is 6.54 Å². The summed E-state index contributed by atoms with van der Waals surface area (Å²) in [4.78, 5) is 25.1. The molecule has 0 aromatic rings. The van der Waals surface area contributed by atoms with Crippen LogP contribution >= 0.6 is 0 Å². The van der Waals surface area contributed by atoms with Gasteiger partial charge in [-0.3, -0.25) is 9.59 Å². The van der Waals surface area contributed by atoms with E-state index in [1.54, 1.807) is 0 Å². The summed E-state index contributed by atoms with van der Waals surface area (Å²) >= 11 is 0. The Hall–Kier alpha value is -1.27. The van der Waals surface area contributed by atoms with Gasteiger partial charge in [0.25, 0.3) is 0 Å². The highest BCUT2D eigenvalue weighted by Crippen LogP contribution is 2.44. The zero-order valence-corrected chi connectivity index (χ0v) is 11.1. The summed E-state index contributed by atoms with van der Waals surface area (Å²) < 4.78 is 37.9. The molecule has 2 rings (SSSR count). The van der Waals surface area contributed by atoms with Crippen molar-refractivity contribution in [3.05, 3.63) is 0 Å². The van der Waals surface area contributed by atoms with Crippen molar-refractivity contribution < 1.29 is 22.8 Å². The van der Waals surface area contributed by atoms with Crippen molar-refractivity contribution in [1.82, 2.24) is 10.2 Å². The lowest BCUT2D eigenvalue weighted by molar-refractivity contribution is -0.185. The van der Waals surface area contributed by atoms with E-state index < -0.39 is 35.6 Å². The first kappa shape index (κ1) is 14.1. The monoisotopic (exact) mass is 278 g/mol. The minimum atomic E-state index is -4.52. The van der Waals surface area contributed by atoms with Crippen molar-refractivity contribution >= 4 is 11.8 Å². The Morgan fingerprint density at radius 1 is 1.26 bits per heavy atom. The van der Waals surface area contributed by atoms with Crippen molar-refractivity contribution in [3.63, 3.8) is 0 Å². The maximum Gasteiger partial charge on any atom is 0.406 e. The van der Waals surface area contributed by atoms with Gasteiger partial charge in [0.2, 0.25) is 11.8 Å². The Morgan fingerprint density at radius 2 is 1.79 bits per heavy atom. The van der Waals surface area contributed by atoms with Crippen LogP contribution in [0.3, 0.4) is 0 Å². The van der Waals surface area contributed by atoms with E-state index in [0.717, 1.165) is 12.8 Å². The SMILES string of the molecule is CC1(C2CC2)NC(=O)C(C)(C)N(CC(F)(F)F)C1=O. The van der Waals surface area contributed by atoms with Crippen molar-refractivity contribution in [3.8, 4) is 0 Å². The van der Waals surface area contributed by atoms with Crippen LogP contribution in [-0.4, -0.2) is 40.5 Å². The van der Waals surface area contributed by atoms with E-state index in [4.69, 9.17) is 0 Å². The average molecular weight is 278 g/mol. The molecule has 1 aliphatic heterocycles. The molecule has 4 nitrogen and oxygen atoms in total. The van der Waals surface area contributed by atoms with Gasteiger partial charge >= 0.3 is 6.18 Å². The molecule has 2 amide bonds. The lowest BCUT2D eigenvalue weighted by Gasteiger charge is -2.49. The molecule has 7 heteroatoms. The number of carbonyl (C=O) groups is 2. The van der Waals surface area contributed by atoms with E-state index in [-0.39, 0.29) is 5.92 Å². The zero-order valence-electron chi connectivity index (χ0n) is 11.1. The van der Waals surface area contributed by atoms with E-state index in [1.165, 1.54) is 20.8 Å². The molecule has 0 bridgehead atoms. The van der Waals surface area contributed by atoms with Gasteiger partial charge in [-0.15, -0.1) is 0 Å². The molecule has 2 aliphatic rings. The molecule has 1 heterocycles. The van der Waals surface area contributed by atoms with Crippen LogP contribution in [0.4, 0.5) is 13.2 Å². The first-order chi connectivity index (χ1) is 8.48. The standard InChI is InChI=1S/C12H17F3N2O2/c1-10(2)8(18)16-11(3,7-4-5-7)9(19)17(10)6-12(13,14)15/h7H,4-6H2,1-3H3,(H,16,18). The average Bonchev–Trinajstić information content (AvgIpc) is 3.05. The van der Waals surface area contributed by atoms with Crippen LogP contribution in [0.5, 0.6) is 0 Å². The molecule has 0 spiro atoms. The van der Waals surface area contributed by atoms with Gasteiger partial charge < -0.3 is 10.2 Å². The fourth-order valence-electron chi connectivity index (χ4n) is 2.49. The number of amides is 2. The number of halogens is 3. The molecule has 1 unspecified atom stereocenters. The van der Waals surface area contributed by atoms with Gasteiger partial charge in [0.05, 0.1) is 0 Å². The molecule has 1 saturated heterocycles. The molecular weight excluding hydrogens is 261 g/mol. The number of hydrogen-bond donors (Lipinski definition) is 1. The van der Waals surface area contributed by atoms with Crippen molar-refractivity contribution in [2.45, 2.75) is 50.9 Å². The number of nitrogens with one attached hydrogen (secondary N) is 1. The third kappa shape index (κ3) is 2.30. The maximum atomic E-state index is 12.6. The van der Waals surface area contributed by atoms with Crippen LogP contribution in [0.25, 0.3) is 0 Å². The van der Waals surface area contributed by atoms with Crippen LogP contribution in [0.15, 0.2) is 0 Å². The van der Waals surface area contributed by atoms with E-state index in [0.29, 0.717) is 4.90 Å². The third-order valence-corrected chi connectivity index (χ3v) is 4.02. The van der Waals surface area contributed by atoms with Gasteiger partial charge in [-0.1, -0.05) is 0 Å². The van der Waals surface area contributed by atoms with E-state index in [9.17, 15) is 22.8 Å². The van der Waals surface area contributed by atoms with Crippen molar-refractivity contribution in [2.24, 2.45) is 5.92 Å². The highest BCUT2D eigenvalue weighted by atomic mass is 19.4. The molecule has 0 aromatic carbocycles. The topological polar surface area (TPSA) is 49.4 Å². The molecule has 0 radical (unpaired) electrons. The molecule has 1 aliphatic carbocycles. The molecular formula is C12H17F3N2O2. The first-order valence-electron chi connectivity index (χ1n) is 6.20. The number of piperazine rings is 1. The largest absolute Gasteiger partial charge is 0.406 e. The van der Waals surface area contributed by atoms with E-state index in [1.807, 2.05) is 0 Å². The van der Waals surface area contributed by atoms with Gasteiger partial charge in [0, 0.05) is 0 Å². The molecule has 19 heavy (non-hydrogen) atoms. The highest BCUT2D eigenvalue weighted by Gasteiger charge is 2.59. The fraction of sp³-hybridized carbons (Fsp3) is 0.833. The number of nitrogens with zero attached hydrogens (tertiary/aromatic N) is 1. The Kier molecular flexibility index (Phi) is 2.88. The van der Waals surface area contributed by atoms with Crippen LogP contribution in [0.1, 0.15) is 33.6 Å². The smallest absolute Gasteiger partial charge is 0.340 e. The Bertz CT molecular complexity index is 429. The minimum Gasteiger partial charge on any atom is -0.340 e. The van der Waals surface area contributed by atoms with Crippen LogP contribution < -0.4 is 5.32 Å². The second-order valence-corrected chi connectivity index (χ2v) is 6.00. The maximum absolute atomic E-state index is 12.6. The first-order valence-corrected chi connectivity index (χ1v) is 6.20. The number of carbonyl (C=O) groups excluding carboxylic acids is 2. The Labute approximate surface area is 109 Å². The minimum absolute atomic E-state index is 0.0595. The predicted molar refractivity (Wildman–Crippen MR) is 61.1 cm³/mol.